The minimum atomic E-state index is 0.968. The van der Waals surface area contributed by atoms with E-state index in [1.165, 1.54) is 76.3 Å². The number of rotatable bonds is 2. The SMILES string of the molecule is C1=Cc2c(oc3ccc(-c4c5ccccc5c(-c5cc6ccccc6c6ccccc56)c5ccccc45)cc23)CC1. The fourth-order valence-corrected chi connectivity index (χ4v) is 7.10. The molecule has 0 bridgehead atoms. The lowest BCUT2D eigenvalue weighted by Gasteiger charge is -2.19. The van der Waals surface area contributed by atoms with Crippen LogP contribution in [0.4, 0.5) is 0 Å². The molecule has 0 unspecified atom stereocenters. The molecule has 1 nitrogen and oxygen atoms in total. The highest BCUT2D eigenvalue weighted by Gasteiger charge is 2.20. The van der Waals surface area contributed by atoms with Crippen molar-refractivity contribution in [3.63, 3.8) is 0 Å². The summed E-state index contributed by atoms with van der Waals surface area (Å²) < 4.78 is 6.26. The molecule has 0 spiro atoms. The van der Waals surface area contributed by atoms with E-state index < -0.39 is 0 Å². The van der Waals surface area contributed by atoms with Gasteiger partial charge in [-0.1, -0.05) is 115 Å². The van der Waals surface area contributed by atoms with Gasteiger partial charge in [-0.3, -0.25) is 0 Å². The summed E-state index contributed by atoms with van der Waals surface area (Å²) in [6.07, 6.45) is 6.51. The number of hydrogen-bond donors (Lipinski definition) is 0. The third kappa shape index (κ3) is 3.30. The number of benzene rings is 7. The molecule has 9 rings (SSSR count). The number of fused-ring (bicyclic) bond motifs is 8. The first-order valence-corrected chi connectivity index (χ1v) is 14.4. The third-order valence-electron chi connectivity index (χ3n) is 8.88. The van der Waals surface area contributed by atoms with Crippen molar-refractivity contribution in [3.8, 4) is 22.3 Å². The molecule has 41 heavy (non-hydrogen) atoms. The van der Waals surface area contributed by atoms with Crippen molar-refractivity contribution >= 4 is 60.1 Å². The quantitative estimate of drug-likeness (QED) is 0.163. The molecular formula is C40H26O. The van der Waals surface area contributed by atoms with Crippen molar-refractivity contribution in [2.45, 2.75) is 12.8 Å². The van der Waals surface area contributed by atoms with Crippen LogP contribution in [0.3, 0.4) is 0 Å². The van der Waals surface area contributed by atoms with Gasteiger partial charge in [-0.05, 0) is 90.0 Å². The second-order valence-electron chi connectivity index (χ2n) is 11.1. The van der Waals surface area contributed by atoms with Gasteiger partial charge in [0.15, 0.2) is 0 Å². The van der Waals surface area contributed by atoms with Crippen LogP contribution in [-0.2, 0) is 6.42 Å². The Morgan fingerprint density at radius 2 is 1.10 bits per heavy atom. The Morgan fingerprint density at radius 3 is 1.83 bits per heavy atom. The molecule has 0 saturated carbocycles. The second kappa shape index (κ2) is 8.68. The fraction of sp³-hybridized carbons (Fsp3) is 0.0500. The van der Waals surface area contributed by atoms with Crippen LogP contribution in [0.15, 0.2) is 132 Å². The highest BCUT2D eigenvalue weighted by atomic mass is 16.3. The predicted molar refractivity (Wildman–Crippen MR) is 174 cm³/mol. The summed E-state index contributed by atoms with van der Waals surface area (Å²) in [5.74, 6) is 1.10. The average Bonchev–Trinajstić information content (AvgIpc) is 3.41. The summed E-state index contributed by atoms with van der Waals surface area (Å²) >= 11 is 0. The molecule has 0 N–H and O–H groups in total. The standard InChI is InChI=1S/C40H26O/c1-2-12-27-25(11-1)23-36(29-14-4-3-13-28(27)29)40-33-18-7-5-16-31(33)39(32-17-6-8-19-34(32)40)26-21-22-38-35(24-26)30-15-9-10-20-37(30)41-38/h1-9,11-19,21-24H,10,20H2. The minimum absolute atomic E-state index is 0.968. The third-order valence-corrected chi connectivity index (χ3v) is 8.88. The predicted octanol–water partition coefficient (Wildman–Crippen LogP) is 11.3. The van der Waals surface area contributed by atoms with E-state index in [0.29, 0.717) is 0 Å². The van der Waals surface area contributed by atoms with Gasteiger partial charge in [-0.25, -0.2) is 0 Å². The van der Waals surface area contributed by atoms with Gasteiger partial charge in [-0.15, -0.1) is 0 Å². The van der Waals surface area contributed by atoms with Crippen LogP contribution >= 0.6 is 0 Å². The van der Waals surface area contributed by atoms with Gasteiger partial charge >= 0.3 is 0 Å². The number of allylic oxidation sites excluding steroid dienone is 1. The van der Waals surface area contributed by atoms with E-state index in [1.807, 2.05) is 0 Å². The molecule has 1 aromatic heterocycles. The first kappa shape index (κ1) is 22.7. The average molecular weight is 523 g/mol. The van der Waals surface area contributed by atoms with E-state index in [0.717, 1.165) is 24.2 Å². The Kier molecular flexibility index (Phi) is 4.80. The van der Waals surface area contributed by atoms with Crippen LogP contribution in [0.1, 0.15) is 17.7 Å². The Labute approximate surface area is 238 Å². The number of furan rings is 1. The van der Waals surface area contributed by atoms with E-state index in [2.05, 4.69) is 133 Å². The van der Waals surface area contributed by atoms with Crippen LogP contribution in [0, 0.1) is 0 Å². The first-order valence-electron chi connectivity index (χ1n) is 14.4. The van der Waals surface area contributed by atoms with Gasteiger partial charge in [0.05, 0.1) is 0 Å². The smallest absolute Gasteiger partial charge is 0.134 e. The van der Waals surface area contributed by atoms with Crippen molar-refractivity contribution in [1.82, 2.24) is 0 Å². The Bertz CT molecular complexity index is 2310. The molecule has 1 heteroatoms. The van der Waals surface area contributed by atoms with Crippen molar-refractivity contribution in [2.24, 2.45) is 0 Å². The molecule has 1 aliphatic rings. The Hall–Kier alpha value is -5.14. The van der Waals surface area contributed by atoms with Crippen molar-refractivity contribution in [2.75, 3.05) is 0 Å². The van der Waals surface area contributed by atoms with Gasteiger partial charge < -0.3 is 4.42 Å². The fourth-order valence-electron chi connectivity index (χ4n) is 7.10. The van der Waals surface area contributed by atoms with E-state index >= 15 is 0 Å². The molecule has 8 aromatic rings. The van der Waals surface area contributed by atoms with Crippen molar-refractivity contribution in [3.05, 3.63) is 139 Å². The lowest BCUT2D eigenvalue weighted by Crippen LogP contribution is -1.92. The zero-order valence-corrected chi connectivity index (χ0v) is 22.5. The van der Waals surface area contributed by atoms with Gasteiger partial charge in [-0.2, -0.15) is 0 Å². The molecule has 7 aromatic carbocycles. The molecule has 0 fully saturated rings. The number of aryl methyl sites for hydroxylation is 1. The normalized spacial score (nSPS) is 13.1. The van der Waals surface area contributed by atoms with E-state index in [4.69, 9.17) is 4.42 Å². The number of hydrogen-bond acceptors (Lipinski definition) is 1. The molecular weight excluding hydrogens is 496 g/mol. The van der Waals surface area contributed by atoms with Gasteiger partial charge in [0.25, 0.3) is 0 Å². The van der Waals surface area contributed by atoms with Gasteiger partial charge in [0.2, 0.25) is 0 Å². The molecule has 0 radical (unpaired) electrons. The van der Waals surface area contributed by atoms with Crippen molar-refractivity contribution < 1.29 is 4.42 Å². The summed E-state index contributed by atoms with van der Waals surface area (Å²) in [6, 6.07) is 44.6. The largest absolute Gasteiger partial charge is 0.460 e. The minimum Gasteiger partial charge on any atom is -0.460 e. The topological polar surface area (TPSA) is 13.1 Å². The summed E-state index contributed by atoms with van der Waals surface area (Å²) in [4.78, 5) is 0. The monoisotopic (exact) mass is 522 g/mol. The lowest BCUT2D eigenvalue weighted by molar-refractivity contribution is 0.546. The van der Waals surface area contributed by atoms with E-state index in [9.17, 15) is 0 Å². The maximum Gasteiger partial charge on any atom is 0.134 e. The maximum absolute atomic E-state index is 6.26. The molecule has 1 aliphatic carbocycles. The molecule has 192 valence electrons. The highest BCUT2D eigenvalue weighted by Crippen LogP contribution is 2.47. The van der Waals surface area contributed by atoms with Crippen LogP contribution in [-0.4, -0.2) is 0 Å². The highest BCUT2D eigenvalue weighted by molar-refractivity contribution is 6.26. The molecule has 0 saturated heterocycles. The zero-order valence-electron chi connectivity index (χ0n) is 22.5. The molecule has 0 atom stereocenters. The van der Waals surface area contributed by atoms with Crippen LogP contribution in [0.5, 0.6) is 0 Å². The Balaban J connectivity index is 1.42. The summed E-state index contributed by atoms with van der Waals surface area (Å²) in [5, 5.41) is 11.4. The maximum atomic E-state index is 6.26. The van der Waals surface area contributed by atoms with Crippen molar-refractivity contribution in [1.29, 1.82) is 0 Å². The first-order chi connectivity index (χ1) is 20.3. The van der Waals surface area contributed by atoms with E-state index in [1.54, 1.807) is 0 Å². The zero-order chi connectivity index (χ0) is 26.9. The van der Waals surface area contributed by atoms with Gasteiger partial charge in [0.1, 0.15) is 11.3 Å². The summed E-state index contributed by atoms with van der Waals surface area (Å²) in [7, 11) is 0. The van der Waals surface area contributed by atoms with Gasteiger partial charge in [0, 0.05) is 17.4 Å². The molecule has 0 amide bonds. The second-order valence-corrected chi connectivity index (χ2v) is 11.1. The van der Waals surface area contributed by atoms with E-state index in [-0.39, 0.29) is 0 Å². The summed E-state index contributed by atoms with van der Waals surface area (Å²) in [6.45, 7) is 0. The molecule has 1 heterocycles. The molecule has 0 aliphatic heterocycles. The van der Waals surface area contributed by atoms with Crippen LogP contribution < -0.4 is 0 Å². The lowest BCUT2D eigenvalue weighted by atomic mass is 9.83. The van der Waals surface area contributed by atoms with Crippen LogP contribution in [0.25, 0.3) is 82.4 Å². The van der Waals surface area contributed by atoms with Crippen LogP contribution in [0.2, 0.25) is 0 Å². The Morgan fingerprint density at radius 1 is 0.488 bits per heavy atom. The summed E-state index contributed by atoms with van der Waals surface area (Å²) in [5.41, 5.74) is 7.29.